The minimum absolute atomic E-state index is 0.234. The molecule has 32 heavy (non-hydrogen) atoms. The SMILES string of the molecule is Cc1nc2c(C)cc(-c3nn4cc(C5CCN(C(=O)OC(C)(C)C)CC5)nc4s3)cc2o1. The van der Waals surface area contributed by atoms with Gasteiger partial charge in [0.05, 0.1) is 11.9 Å². The van der Waals surface area contributed by atoms with Crippen LogP contribution in [0.5, 0.6) is 0 Å². The summed E-state index contributed by atoms with van der Waals surface area (Å²) in [5.41, 5.74) is 4.32. The van der Waals surface area contributed by atoms with Crippen molar-refractivity contribution < 1.29 is 13.9 Å². The zero-order chi connectivity index (χ0) is 22.6. The van der Waals surface area contributed by atoms with Crippen molar-refractivity contribution >= 4 is 33.5 Å². The molecule has 0 unspecified atom stereocenters. The standard InChI is InChI=1S/C23H27N5O3S/c1-13-10-16(11-18-19(13)24-14(2)30-18)20-26-28-12-17(25-21(28)32-20)15-6-8-27(9-7-15)22(29)31-23(3,4)5/h10-12,15H,6-9H2,1-5H3. The Morgan fingerprint density at radius 2 is 1.94 bits per heavy atom. The van der Waals surface area contributed by atoms with Gasteiger partial charge in [-0.05, 0) is 58.2 Å². The van der Waals surface area contributed by atoms with Gasteiger partial charge in [-0.3, -0.25) is 0 Å². The van der Waals surface area contributed by atoms with Crippen molar-refractivity contribution in [3.05, 3.63) is 35.5 Å². The molecule has 4 heterocycles. The van der Waals surface area contributed by atoms with E-state index in [0.717, 1.165) is 50.7 Å². The van der Waals surface area contributed by atoms with Crippen LogP contribution < -0.4 is 0 Å². The number of oxazole rings is 1. The van der Waals surface area contributed by atoms with Crippen molar-refractivity contribution in [1.82, 2.24) is 24.5 Å². The number of piperidine rings is 1. The number of amides is 1. The van der Waals surface area contributed by atoms with Crippen LogP contribution in [0.2, 0.25) is 0 Å². The van der Waals surface area contributed by atoms with Gasteiger partial charge in [-0.1, -0.05) is 11.3 Å². The summed E-state index contributed by atoms with van der Waals surface area (Å²) < 4.78 is 13.1. The number of nitrogens with zero attached hydrogens (tertiary/aromatic N) is 5. The van der Waals surface area contributed by atoms with Gasteiger partial charge >= 0.3 is 6.09 Å². The van der Waals surface area contributed by atoms with Crippen LogP contribution in [0.1, 0.15) is 56.7 Å². The second kappa shape index (κ2) is 7.58. The van der Waals surface area contributed by atoms with Crippen molar-refractivity contribution in [2.45, 2.75) is 59.0 Å². The minimum Gasteiger partial charge on any atom is -0.444 e. The highest BCUT2D eigenvalue weighted by molar-refractivity contribution is 7.19. The van der Waals surface area contributed by atoms with Crippen LogP contribution >= 0.6 is 11.3 Å². The van der Waals surface area contributed by atoms with Crippen molar-refractivity contribution in [1.29, 1.82) is 0 Å². The summed E-state index contributed by atoms with van der Waals surface area (Å²) in [5.74, 6) is 0.985. The molecule has 1 aromatic carbocycles. The van der Waals surface area contributed by atoms with E-state index in [1.54, 1.807) is 16.2 Å². The molecule has 0 spiro atoms. The Labute approximate surface area is 190 Å². The highest BCUT2D eigenvalue weighted by atomic mass is 32.1. The van der Waals surface area contributed by atoms with Gasteiger partial charge in [0, 0.05) is 31.5 Å². The highest BCUT2D eigenvalue weighted by Crippen LogP contribution is 2.33. The molecule has 8 nitrogen and oxygen atoms in total. The average Bonchev–Trinajstić information content (AvgIpc) is 3.39. The lowest BCUT2D eigenvalue weighted by molar-refractivity contribution is 0.0204. The van der Waals surface area contributed by atoms with E-state index in [2.05, 4.69) is 11.1 Å². The topological polar surface area (TPSA) is 85.8 Å². The van der Waals surface area contributed by atoms with Crippen LogP contribution in [-0.4, -0.2) is 49.3 Å². The lowest BCUT2D eigenvalue weighted by Crippen LogP contribution is -2.41. The van der Waals surface area contributed by atoms with Gasteiger partial charge in [0.2, 0.25) is 4.96 Å². The molecule has 0 N–H and O–H groups in total. The van der Waals surface area contributed by atoms with E-state index in [1.807, 2.05) is 51.4 Å². The molecule has 0 saturated carbocycles. The molecule has 1 saturated heterocycles. The number of likely N-dealkylation sites (tertiary alicyclic amines) is 1. The Bertz CT molecular complexity index is 1270. The molecule has 0 bridgehead atoms. The lowest BCUT2D eigenvalue weighted by atomic mass is 9.94. The normalized spacial score (nSPS) is 15.7. The number of hydrogen-bond donors (Lipinski definition) is 0. The highest BCUT2D eigenvalue weighted by Gasteiger charge is 2.29. The zero-order valence-electron chi connectivity index (χ0n) is 19.0. The monoisotopic (exact) mass is 453 g/mol. The van der Waals surface area contributed by atoms with E-state index in [1.165, 1.54) is 0 Å². The zero-order valence-corrected chi connectivity index (χ0v) is 19.8. The number of benzene rings is 1. The largest absolute Gasteiger partial charge is 0.444 e. The first-order valence-corrected chi connectivity index (χ1v) is 11.7. The van der Waals surface area contributed by atoms with E-state index in [0.29, 0.717) is 24.9 Å². The third-order valence-electron chi connectivity index (χ3n) is 5.67. The molecule has 1 aliphatic heterocycles. The molecule has 1 aliphatic rings. The predicted octanol–water partition coefficient (Wildman–Crippen LogP) is 5.33. The Morgan fingerprint density at radius 1 is 1.19 bits per heavy atom. The summed E-state index contributed by atoms with van der Waals surface area (Å²) in [6, 6.07) is 4.09. The summed E-state index contributed by atoms with van der Waals surface area (Å²) >= 11 is 1.57. The molecule has 1 amide bonds. The fraction of sp³-hybridized carbons (Fsp3) is 0.478. The number of ether oxygens (including phenoxy) is 1. The summed E-state index contributed by atoms with van der Waals surface area (Å²) in [5, 5.41) is 5.66. The van der Waals surface area contributed by atoms with Crippen molar-refractivity contribution in [3.8, 4) is 10.6 Å². The van der Waals surface area contributed by atoms with Crippen LogP contribution in [0.4, 0.5) is 4.79 Å². The molecule has 1 fully saturated rings. The molecule has 0 aliphatic carbocycles. The molecule has 9 heteroatoms. The number of aryl methyl sites for hydroxylation is 2. The Morgan fingerprint density at radius 3 is 2.62 bits per heavy atom. The smallest absolute Gasteiger partial charge is 0.410 e. The van der Waals surface area contributed by atoms with Gasteiger partial charge in [-0.25, -0.2) is 19.3 Å². The number of aromatic nitrogens is 4. The summed E-state index contributed by atoms with van der Waals surface area (Å²) in [6.07, 6.45) is 3.53. The van der Waals surface area contributed by atoms with E-state index in [4.69, 9.17) is 19.2 Å². The second-order valence-corrected chi connectivity index (χ2v) is 10.4. The quantitative estimate of drug-likeness (QED) is 0.408. The number of carbonyl (C=O) groups is 1. The fourth-order valence-electron chi connectivity index (χ4n) is 4.15. The van der Waals surface area contributed by atoms with E-state index >= 15 is 0 Å². The first kappa shape index (κ1) is 20.9. The summed E-state index contributed by atoms with van der Waals surface area (Å²) in [7, 11) is 0. The maximum Gasteiger partial charge on any atom is 0.410 e. The minimum atomic E-state index is -0.471. The predicted molar refractivity (Wildman–Crippen MR) is 123 cm³/mol. The molecule has 0 radical (unpaired) electrons. The fourth-order valence-corrected chi connectivity index (χ4v) is 5.02. The first-order valence-electron chi connectivity index (χ1n) is 10.9. The van der Waals surface area contributed by atoms with Crippen molar-refractivity contribution in [3.63, 3.8) is 0 Å². The number of rotatable bonds is 2. The number of hydrogen-bond acceptors (Lipinski definition) is 7. The summed E-state index contributed by atoms with van der Waals surface area (Å²) in [6.45, 7) is 10.9. The molecule has 3 aromatic heterocycles. The Balaban J connectivity index is 1.31. The van der Waals surface area contributed by atoms with E-state index < -0.39 is 5.60 Å². The van der Waals surface area contributed by atoms with Crippen LogP contribution in [-0.2, 0) is 4.74 Å². The van der Waals surface area contributed by atoms with Crippen LogP contribution in [0.15, 0.2) is 22.7 Å². The lowest BCUT2D eigenvalue weighted by Gasteiger charge is -2.32. The average molecular weight is 454 g/mol. The maximum atomic E-state index is 12.3. The third-order valence-corrected chi connectivity index (χ3v) is 6.64. The van der Waals surface area contributed by atoms with E-state index in [-0.39, 0.29) is 6.09 Å². The molecular formula is C23H27N5O3S. The molecule has 0 atom stereocenters. The van der Waals surface area contributed by atoms with Crippen LogP contribution in [0.3, 0.4) is 0 Å². The van der Waals surface area contributed by atoms with Gasteiger partial charge in [-0.2, -0.15) is 5.10 Å². The van der Waals surface area contributed by atoms with E-state index in [9.17, 15) is 4.79 Å². The van der Waals surface area contributed by atoms with Crippen molar-refractivity contribution in [2.24, 2.45) is 0 Å². The number of carbonyl (C=O) groups excluding carboxylic acids is 1. The molecule has 5 rings (SSSR count). The summed E-state index contributed by atoms with van der Waals surface area (Å²) in [4.78, 5) is 24.3. The van der Waals surface area contributed by atoms with Gasteiger partial charge < -0.3 is 14.1 Å². The maximum absolute atomic E-state index is 12.3. The third kappa shape index (κ3) is 3.97. The van der Waals surface area contributed by atoms with Gasteiger partial charge in [0.1, 0.15) is 16.1 Å². The molecular weight excluding hydrogens is 426 g/mol. The first-order chi connectivity index (χ1) is 15.2. The van der Waals surface area contributed by atoms with Gasteiger partial charge in [0.15, 0.2) is 11.5 Å². The number of fused-ring (bicyclic) bond motifs is 2. The van der Waals surface area contributed by atoms with Crippen LogP contribution in [0, 0.1) is 13.8 Å². The van der Waals surface area contributed by atoms with Gasteiger partial charge in [-0.15, -0.1) is 0 Å². The number of imidazole rings is 1. The van der Waals surface area contributed by atoms with Crippen molar-refractivity contribution in [2.75, 3.05) is 13.1 Å². The second-order valence-electron chi connectivity index (χ2n) is 9.41. The Hall–Kier alpha value is -2.94. The van der Waals surface area contributed by atoms with Crippen LogP contribution in [0.25, 0.3) is 26.6 Å². The molecule has 4 aromatic rings. The Kier molecular flexibility index (Phi) is 4.96. The molecule has 168 valence electrons. The van der Waals surface area contributed by atoms with Gasteiger partial charge in [0.25, 0.3) is 0 Å².